The number of esters is 1. The fraction of sp³-hybridized carbons (Fsp3) is 0.333. The zero-order valence-electron chi connectivity index (χ0n) is 17.2. The molecule has 2 amide bonds. The van der Waals surface area contributed by atoms with Crippen molar-refractivity contribution < 1.29 is 63.8 Å². The number of hydrogen-bond donors (Lipinski definition) is 3. The first-order valence-corrected chi connectivity index (χ1v) is 11.2. The fourth-order valence-electron chi connectivity index (χ4n) is 3.48. The van der Waals surface area contributed by atoms with Crippen LogP contribution in [-0.2, 0) is 23.9 Å². The Morgan fingerprint density at radius 1 is 1.42 bits per heavy atom. The van der Waals surface area contributed by atoms with Crippen LogP contribution in [0.3, 0.4) is 0 Å². The minimum atomic E-state index is -1.54. The molecular weight excluding hydrogens is 485 g/mol. The molecule has 0 saturated carbocycles. The number of nitrogen functional groups attached to an aromatic ring is 1. The van der Waals surface area contributed by atoms with Crippen molar-refractivity contribution in [3.63, 3.8) is 0 Å². The van der Waals surface area contributed by atoms with Gasteiger partial charge in [-0.2, -0.15) is 0 Å². The van der Waals surface area contributed by atoms with E-state index in [9.17, 15) is 29.5 Å². The molecule has 0 spiro atoms. The number of fused-ring (bicyclic) bond motifs is 1. The molecule has 0 bridgehead atoms. The number of nitrogens with zero attached hydrogens (tertiary/aromatic N) is 3. The molecule has 168 valence electrons. The molecule has 4 rings (SSSR count). The van der Waals surface area contributed by atoms with E-state index in [2.05, 4.69) is 15.5 Å². The van der Waals surface area contributed by atoms with Gasteiger partial charge < -0.3 is 30.9 Å². The molecule has 0 aliphatic carbocycles. The number of allylic oxidation sites excluding steroid dienone is 1. The van der Waals surface area contributed by atoms with Crippen LogP contribution >= 0.6 is 23.1 Å². The number of hydrogen-bond acceptors (Lipinski definition) is 12. The molecule has 4 N–H and O–H groups in total. The third kappa shape index (κ3) is 4.94. The molecular formula is C18H16N5NaO7S2. The van der Waals surface area contributed by atoms with Crippen LogP contribution in [-0.4, -0.2) is 67.8 Å². The number of carbonyl (C=O) groups excluding carboxylic acids is 4. The number of thiazole rings is 1. The van der Waals surface area contributed by atoms with Crippen LogP contribution in [0.15, 0.2) is 34.0 Å². The smallest absolute Gasteiger partial charge is 0.543 e. The number of ether oxygens (including phenoxy) is 1. The first kappa shape index (κ1) is 25.2. The van der Waals surface area contributed by atoms with Crippen LogP contribution in [0.1, 0.15) is 18.5 Å². The summed E-state index contributed by atoms with van der Waals surface area (Å²) < 4.78 is 5.07. The Morgan fingerprint density at radius 2 is 2.18 bits per heavy atom. The largest absolute Gasteiger partial charge is 1.00 e. The number of cyclic esters (lactones) is 1. The number of amides is 2. The Kier molecular flexibility index (Phi) is 7.84. The molecule has 3 atom stereocenters. The average Bonchev–Trinajstić information content (AvgIpc) is 3.38. The molecule has 33 heavy (non-hydrogen) atoms. The molecule has 2 saturated heterocycles. The van der Waals surface area contributed by atoms with Gasteiger partial charge in [-0.05, 0) is 18.1 Å². The molecule has 1 aromatic heterocycles. The van der Waals surface area contributed by atoms with Gasteiger partial charge in [-0.3, -0.25) is 19.3 Å². The first-order valence-electron chi connectivity index (χ1n) is 9.31. The third-order valence-electron chi connectivity index (χ3n) is 4.99. The maximum Gasteiger partial charge on any atom is 1.00 e. The van der Waals surface area contributed by atoms with Gasteiger partial charge in [0.25, 0.3) is 11.8 Å². The second-order valence-electron chi connectivity index (χ2n) is 6.97. The molecule has 0 aromatic carbocycles. The van der Waals surface area contributed by atoms with E-state index in [1.807, 2.05) is 0 Å². The quantitative estimate of drug-likeness (QED) is 0.0857. The Bertz CT molecular complexity index is 1100. The van der Waals surface area contributed by atoms with Crippen molar-refractivity contribution >= 4 is 57.7 Å². The van der Waals surface area contributed by atoms with E-state index in [0.717, 1.165) is 16.2 Å². The maximum absolute atomic E-state index is 12.7. The van der Waals surface area contributed by atoms with E-state index >= 15 is 0 Å². The summed E-state index contributed by atoms with van der Waals surface area (Å²) in [6.07, 6.45) is 3.43. The molecule has 15 heteroatoms. The first-order chi connectivity index (χ1) is 15.3. The maximum atomic E-state index is 12.7. The van der Waals surface area contributed by atoms with Gasteiger partial charge in [0.2, 0.25) is 0 Å². The van der Waals surface area contributed by atoms with Gasteiger partial charge in [-0.15, -0.1) is 23.1 Å². The zero-order valence-corrected chi connectivity index (χ0v) is 20.9. The monoisotopic (exact) mass is 501 g/mol. The number of oxime groups is 1. The van der Waals surface area contributed by atoms with E-state index in [0.29, 0.717) is 12.0 Å². The van der Waals surface area contributed by atoms with Crippen LogP contribution in [0, 0.1) is 0 Å². The molecule has 3 aliphatic heterocycles. The van der Waals surface area contributed by atoms with Crippen LogP contribution in [0.5, 0.6) is 0 Å². The summed E-state index contributed by atoms with van der Waals surface area (Å²) in [4.78, 5) is 53.1. The van der Waals surface area contributed by atoms with Gasteiger partial charge >= 0.3 is 35.5 Å². The van der Waals surface area contributed by atoms with Gasteiger partial charge in [0.1, 0.15) is 23.2 Å². The van der Waals surface area contributed by atoms with Crippen LogP contribution < -0.4 is 45.7 Å². The van der Waals surface area contributed by atoms with Crippen LogP contribution in [0.4, 0.5) is 5.13 Å². The summed E-state index contributed by atoms with van der Waals surface area (Å²) in [7, 11) is 0. The second kappa shape index (κ2) is 10.3. The minimum Gasteiger partial charge on any atom is -0.543 e. The number of carbonyl (C=O) groups is 4. The van der Waals surface area contributed by atoms with Crippen LogP contribution in [0.25, 0.3) is 0 Å². The summed E-state index contributed by atoms with van der Waals surface area (Å²) in [5.41, 5.74) is 5.19. The number of aromatic nitrogens is 1. The summed E-state index contributed by atoms with van der Waals surface area (Å²) >= 11 is 2.29. The van der Waals surface area contributed by atoms with Gasteiger partial charge in [-0.1, -0.05) is 11.2 Å². The minimum absolute atomic E-state index is 0. The summed E-state index contributed by atoms with van der Waals surface area (Å²) in [5.74, 6) is -3.14. The van der Waals surface area contributed by atoms with Crippen LogP contribution in [0.2, 0.25) is 0 Å². The van der Waals surface area contributed by atoms with E-state index in [1.165, 1.54) is 23.2 Å². The normalized spacial score (nSPS) is 24.8. The van der Waals surface area contributed by atoms with E-state index < -0.39 is 41.0 Å². The number of thioether (sulfide) groups is 1. The average molecular weight is 501 g/mol. The number of β-lactam (4-membered cyclic amide) rings is 1. The number of aliphatic carboxylic acids is 1. The van der Waals surface area contributed by atoms with Crippen molar-refractivity contribution in [3.8, 4) is 0 Å². The Hall–Kier alpha value is -2.39. The van der Waals surface area contributed by atoms with Crippen molar-refractivity contribution in [3.05, 3.63) is 34.5 Å². The number of carboxylic acid groups (broad SMARTS) is 1. The predicted molar refractivity (Wildman–Crippen MR) is 110 cm³/mol. The molecule has 1 aromatic rings. The number of anilines is 1. The number of carboxylic acids is 1. The van der Waals surface area contributed by atoms with Gasteiger partial charge in [-0.25, -0.2) is 4.98 Å². The summed E-state index contributed by atoms with van der Waals surface area (Å²) in [5, 5.41) is 27.3. The van der Waals surface area contributed by atoms with Crippen molar-refractivity contribution in [2.24, 2.45) is 5.16 Å². The third-order valence-corrected chi connectivity index (χ3v) is 6.96. The molecule has 4 heterocycles. The van der Waals surface area contributed by atoms with E-state index in [1.54, 1.807) is 6.08 Å². The molecule has 2 fully saturated rings. The van der Waals surface area contributed by atoms with Crippen molar-refractivity contribution in [2.45, 2.75) is 30.4 Å². The number of rotatable bonds is 6. The molecule has 1 unspecified atom stereocenters. The topological polar surface area (TPSA) is 187 Å². The Morgan fingerprint density at radius 3 is 2.76 bits per heavy atom. The van der Waals surface area contributed by atoms with Gasteiger partial charge in [0.05, 0.1) is 11.7 Å². The van der Waals surface area contributed by atoms with Crippen molar-refractivity contribution in [2.75, 3.05) is 11.5 Å². The fourth-order valence-corrected chi connectivity index (χ4v) is 5.35. The predicted octanol–water partition coefficient (Wildman–Crippen LogP) is -4.43. The van der Waals surface area contributed by atoms with E-state index in [4.69, 9.17) is 10.5 Å². The summed E-state index contributed by atoms with van der Waals surface area (Å²) in [6, 6.07) is -1.03. The number of nitrogens with two attached hydrogens (primary N) is 1. The standard InChI is InChI=1S/C18H17N5O7S2.Na/c19-18-20-9(6-32-18)11(22-29)14(25)21-12-15(26)23-13(17(27)28)7(5-31-16(12)23)1-2-8-3-4-10(24)30-8;/h1-2,6,8,12,16,29H,3-5H2,(H2,19,20)(H,21,25)(H,27,28);/q;+1/p-1/b2-1+,22-11-;/t8?,12-,16+;/m1./s1. The Balaban J connectivity index is 0.00000306. The van der Waals surface area contributed by atoms with Gasteiger partial charge in [0, 0.05) is 17.6 Å². The SMILES string of the molecule is Nc1nc(/C(=N/O)C(=O)N[C@@H]2C(=O)N3C(C(=O)[O-])=C(/C=C/C4CCC(=O)O4)CS[C@@H]23)cs1.[Na+]. The number of nitrogens with one attached hydrogen (secondary N) is 1. The zero-order chi connectivity index (χ0) is 23.0. The molecule has 0 radical (unpaired) electrons. The van der Waals surface area contributed by atoms with E-state index in [-0.39, 0.29) is 64.2 Å². The Labute approximate surface area is 217 Å². The van der Waals surface area contributed by atoms with Crippen molar-refractivity contribution in [1.82, 2.24) is 15.2 Å². The van der Waals surface area contributed by atoms with Gasteiger partial charge in [0.15, 0.2) is 10.8 Å². The molecule has 12 nitrogen and oxygen atoms in total. The van der Waals surface area contributed by atoms with Crippen molar-refractivity contribution in [1.29, 1.82) is 0 Å². The molecule has 3 aliphatic rings. The summed E-state index contributed by atoms with van der Waals surface area (Å²) in [6.45, 7) is 0. The second-order valence-corrected chi connectivity index (χ2v) is 8.96.